The summed E-state index contributed by atoms with van der Waals surface area (Å²) < 4.78 is 5.08. The minimum Gasteiger partial charge on any atom is -0.468 e. The van der Waals surface area contributed by atoms with Crippen molar-refractivity contribution in [2.45, 2.75) is 6.04 Å². The van der Waals surface area contributed by atoms with Crippen LogP contribution in [0.3, 0.4) is 0 Å². The molecule has 1 aromatic heterocycles. The Bertz CT molecular complexity index is 1030. The number of carbonyl (C=O) groups excluding carboxylic acids is 2. The Balaban J connectivity index is 1.37. The molecule has 3 aromatic rings. The number of aromatic nitrogens is 1. The van der Waals surface area contributed by atoms with Gasteiger partial charge >= 0.3 is 5.97 Å². The summed E-state index contributed by atoms with van der Waals surface area (Å²) in [5, 5.41) is 2.87. The van der Waals surface area contributed by atoms with E-state index < -0.39 is 6.04 Å². The van der Waals surface area contributed by atoms with Crippen molar-refractivity contribution >= 4 is 23.3 Å². The molecule has 2 aromatic carbocycles. The number of methoxy groups -OCH3 is 1. The number of piperazine rings is 1. The molecular weight excluding hydrogens is 404 g/mol. The number of benzene rings is 2. The van der Waals surface area contributed by atoms with Crippen LogP contribution in [0.5, 0.6) is 0 Å². The van der Waals surface area contributed by atoms with Crippen molar-refractivity contribution in [1.82, 2.24) is 9.88 Å². The highest BCUT2D eigenvalue weighted by Crippen LogP contribution is 2.26. The van der Waals surface area contributed by atoms with Gasteiger partial charge in [0.2, 0.25) is 0 Å². The van der Waals surface area contributed by atoms with E-state index in [0.717, 1.165) is 43.1 Å². The first-order valence-electron chi connectivity index (χ1n) is 10.6. The summed E-state index contributed by atoms with van der Waals surface area (Å²) in [7, 11) is 1.43. The number of hydrogen-bond donors (Lipinski definition) is 1. The summed E-state index contributed by atoms with van der Waals surface area (Å²) >= 11 is 0. The summed E-state index contributed by atoms with van der Waals surface area (Å²) in [6, 6.07) is 22.4. The molecule has 1 fully saturated rings. The van der Waals surface area contributed by atoms with Gasteiger partial charge in [0.25, 0.3) is 5.91 Å². The van der Waals surface area contributed by atoms with Gasteiger partial charge in [-0.15, -0.1) is 0 Å². The van der Waals surface area contributed by atoms with Crippen molar-refractivity contribution in [3.8, 4) is 0 Å². The molecule has 0 aliphatic carbocycles. The maximum Gasteiger partial charge on any atom is 0.327 e. The van der Waals surface area contributed by atoms with Crippen LogP contribution in [-0.2, 0) is 9.53 Å². The highest BCUT2D eigenvalue weighted by molar-refractivity contribution is 6.02. The van der Waals surface area contributed by atoms with Crippen molar-refractivity contribution < 1.29 is 14.3 Å². The van der Waals surface area contributed by atoms with Gasteiger partial charge < -0.3 is 15.0 Å². The molecule has 1 saturated heterocycles. The van der Waals surface area contributed by atoms with Gasteiger partial charge in [-0.1, -0.05) is 36.4 Å². The number of pyridine rings is 1. The third kappa shape index (κ3) is 4.95. The molecule has 1 unspecified atom stereocenters. The number of nitrogens with one attached hydrogen (secondary N) is 1. The topological polar surface area (TPSA) is 74.8 Å². The zero-order chi connectivity index (χ0) is 22.3. The Morgan fingerprint density at radius 3 is 2.22 bits per heavy atom. The average molecular weight is 431 g/mol. The fourth-order valence-corrected chi connectivity index (χ4v) is 3.93. The van der Waals surface area contributed by atoms with E-state index in [4.69, 9.17) is 4.74 Å². The van der Waals surface area contributed by atoms with E-state index in [1.54, 1.807) is 24.4 Å². The lowest BCUT2D eigenvalue weighted by Crippen LogP contribution is -2.49. The SMILES string of the molecule is COC(=O)C(c1ccccc1)N1CCN(c2ccc(NC(=O)c3ccccn3)cc2)CC1. The predicted octanol–water partition coefficient (Wildman–Crippen LogP) is 3.37. The molecular formula is C25H26N4O3. The molecule has 32 heavy (non-hydrogen) atoms. The van der Waals surface area contributed by atoms with Gasteiger partial charge in [-0.2, -0.15) is 0 Å². The number of ether oxygens (including phenoxy) is 1. The van der Waals surface area contributed by atoms with E-state index in [0.29, 0.717) is 5.69 Å². The van der Waals surface area contributed by atoms with Crippen LogP contribution in [0.2, 0.25) is 0 Å². The second-order valence-corrected chi connectivity index (χ2v) is 7.58. The van der Waals surface area contributed by atoms with Gasteiger partial charge in [-0.05, 0) is 42.0 Å². The van der Waals surface area contributed by atoms with Crippen molar-refractivity contribution in [2.75, 3.05) is 43.5 Å². The first-order valence-corrected chi connectivity index (χ1v) is 10.6. The van der Waals surface area contributed by atoms with Gasteiger partial charge in [-0.25, -0.2) is 4.79 Å². The monoisotopic (exact) mass is 430 g/mol. The molecule has 2 heterocycles. The number of amides is 1. The number of hydrogen-bond acceptors (Lipinski definition) is 6. The van der Waals surface area contributed by atoms with Crippen LogP contribution in [0, 0.1) is 0 Å². The summed E-state index contributed by atoms with van der Waals surface area (Å²) in [5.74, 6) is -0.473. The molecule has 7 heteroatoms. The van der Waals surface area contributed by atoms with Crippen molar-refractivity contribution in [3.05, 3.63) is 90.3 Å². The van der Waals surface area contributed by atoms with Crippen LogP contribution in [-0.4, -0.2) is 55.0 Å². The number of nitrogens with zero attached hydrogens (tertiary/aromatic N) is 3. The third-order valence-corrected chi connectivity index (χ3v) is 5.61. The molecule has 4 rings (SSSR count). The van der Waals surface area contributed by atoms with Crippen LogP contribution < -0.4 is 10.2 Å². The first kappa shape index (κ1) is 21.5. The van der Waals surface area contributed by atoms with E-state index >= 15 is 0 Å². The standard InChI is InChI=1S/C25H26N4O3/c1-32-25(31)23(19-7-3-2-4-8-19)29-17-15-28(16-18-29)21-12-10-20(11-13-21)27-24(30)22-9-5-6-14-26-22/h2-14,23H,15-18H2,1H3,(H,27,30). The van der Waals surface area contributed by atoms with Crippen molar-refractivity contribution in [1.29, 1.82) is 0 Å². The highest BCUT2D eigenvalue weighted by atomic mass is 16.5. The van der Waals surface area contributed by atoms with E-state index in [-0.39, 0.29) is 11.9 Å². The van der Waals surface area contributed by atoms with E-state index in [2.05, 4.69) is 20.1 Å². The molecule has 164 valence electrons. The molecule has 0 saturated carbocycles. The number of rotatable bonds is 6. The maximum atomic E-state index is 12.5. The molecule has 1 aliphatic rings. The molecule has 0 spiro atoms. The first-order chi connectivity index (χ1) is 15.7. The minimum absolute atomic E-state index is 0.235. The van der Waals surface area contributed by atoms with Crippen LogP contribution >= 0.6 is 0 Å². The fourth-order valence-electron chi connectivity index (χ4n) is 3.93. The Labute approximate surface area is 187 Å². The lowest BCUT2D eigenvalue weighted by molar-refractivity contribution is -0.147. The minimum atomic E-state index is -0.396. The number of anilines is 2. The molecule has 1 amide bonds. The Morgan fingerprint density at radius 1 is 0.906 bits per heavy atom. The van der Waals surface area contributed by atoms with Crippen LogP contribution in [0.15, 0.2) is 79.0 Å². The lowest BCUT2D eigenvalue weighted by atomic mass is 10.0. The van der Waals surface area contributed by atoms with Crippen LogP contribution in [0.25, 0.3) is 0 Å². The smallest absolute Gasteiger partial charge is 0.327 e. The Kier molecular flexibility index (Phi) is 6.77. The summed E-state index contributed by atoms with van der Waals surface area (Å²) in [6.07, 6.45) is 1.60. The van der Waals surface area contributed by atoms with Gasteiger partial charge in [0.1, 0.15) is 11.7 Å². The van der Waals surface area contributed by atoms with Crippen LogP contribution in [0.1, 0.15) is 22.1 Å². The van der Waals surface area contributed by atoms with Gasteiger partial charge in [0, 0.05) is 43.8 Å². The molecule has 1 aliphatic heterocycles. The zero-order valence-electron chi connectivity index (χ0n) is 18.0. The largest absolute Gasteiger partial charge is 0.468 e. The lowest BCUT2D eigenvalue weighted by Gasteiger charge is -2.39. The quantitative estimate of drug-likeness (QED) is 0.605. The van der Waals surface area contributed by atoms with E-state index in [1.807, 2.05) is 54.6 Å². The fraction of sp³-hybridized carbons (Fsp3) is 0.240. The summed E-state index contributed by atoms with van der Waals surface area (Å²) in [4.78, 5) is 33.3. The Morgan fingerprint density at radius 2 is 1.59 bits per heavy atom. The van der Waals surface area contributed by atoms with Crippen molar-refractivity contribution in [3.63, 3.8) is 0 Å². The number of carbonyl (C=O) groups is 2. The summed E-state index contributed by atoms with van der Waals surface area (Å²) in [5.41, 5.74) is 3.12. The van der Waals surface area contributed by atoms with Crippen molar-refractivity contribution in [2.24, 2.45) is 0 Å². The molecule has 0 radical (unpaired) electrons. The van der Waals surface area contributed by atoms with E-state index in [9.17, 15) is 9.59 Å². The molecule has 1 N–H and O–H groups in total. The third-order valence-electron chi connectivity index (χ3n) is 5.61. The van der Waals surface area contributed by atoms with E-state index in [1.165, 1.54) is 7.11 Å². The van der Waals surface area contributed by atoms with Gasteiger partial charge in [0.05, 0.1) is 7.11 Å². The molecule has 0 bridgehead atoms. The van der Waals surface area contributed by atoms with Gasteiger partial charge in [-0.3, -0.25) is 14.7 Å². The number of esters is 1. The molecule has 7 nitrogen and oxygen atoms in total. The normalized spacial score (nSPS) is 15.1. The van der Waals surface area contributed by atoms with Crippen LogP contribution in [0.4, 0.5) is 11.4 Å². The highest BCUT2D eigenvalue weighted by Gasteiger charge is 2.31. The van der Waals surface area contributed by atoms with Gasteiger partial charge in [0.15, 0.2) is 0 Å². The second kappa shape index (κ2) is 10.1. The molecule has 1 atom stereocenters. The predicted molar refractivity (Wildman–Crippen MR) is 124 cm³/mol. The average Bonchev–Trinajstić information content (AvgIpc) is 2.86. The second-order valence-electron chi connectivity index (χ2n) is 7.58. The Hall–Kier alpha value is -3.71. The maximum absolute atomic E-state index is 12.5. The summed E-state index contributed by atoms with van der Waals surface area (Å²) in [6.45, 7) is 3.07. The zero-order valence-corrected chi connectivity index (χ0v) is 18.0.